The van der Waals surface area contributed by atoms with Crippen molar-refractivity contribution < 1.29 is 19.2 Å². The number of carbonyl (C=O) groups is 2. The fraction of sp³-hybridized carbons (Fsp3) is 0.609. The Bertz CT molecular complexity index is 887. The topological polar surface area (TPSA) is 114 Å². The van der Waals surface area contributed by atoms with Gasteiger partial charge in [0.15, 0.2) is 6.61 Å². The zero-order chi connectivity index (χ0) is 22.0. The molecule has 1 amide bonds. The monoisotopic (exact) mass is 425 g/mol. The second-order valence-electron chi connectivity index (χ2n) is 9.32. The highest BCUT2D eigenvalue weighted by Crippen LogP contribution is 2.57. The molecule has 4 aliphatic carbocycles. The molecule has 164 valence electrons. The molecule has 0 radical (unpaired) electrons. The summed E-state index contributed by atoms with van der Waals surface area (Å²) < 4.78 is 5.23. The van der Waals surface area contributed by atoms with Crippen molar-refractivity contribution in [2.24, 2.45) is 17.8 Å². The van der Waals surface area contributed by atoms with Crippen molar-refractivity contribution in [3.8, 4) is 6.07 Å². The molecule has 0 aliphatic heterocycles. The van der Waals surface area contributed by atoms with E-state index in [9.17, 15) is 19.7 Å². The molecule has 8 nitrogen and oxygen atoms in total. The molecule has 5 rings (SSSR count). The normalized spacial score (nSPS) is 28.0. The van der Waals surface area contributed by atoms with Gasteiger partial charge >= 0.3 is 5.97 Å². The number of rotatable bonds is 8. The summed E-state index contributed by atoms with van der Waals surface area (Å²) in [6, 6.07) is 8.14. The first-order valence-electron chi connectivity index (χ1n) is 11.0. The molecule has 0 atom stereocenters. The van der Waals surface area contributed by atoms with E-state index < -0.39 is 17.5 Å². The molecule has 4 bridgehead atoms. The number of hydrogen-bond donors (Lipinski definition) is 0. The van der Waals surface area contributed by atoms with E-state index >= 15 is 0 Å². The first kappa shape index (κ1) is 21.3. The van der Waals surface area contributed by atoms with Gasteiger partial charge in [0.1, 0.15) is 0 Å². The summed E-state index contributed by atoms with van der Waals surface area (Å²) in [5.41, 5.74) is -0.102. The molecule has 0 unspecified atom stereocenters. The highest BCUT2D eigenvalue weighted by Gasteiger charge is 2.54. The summed E-state index contributed by atoms with van der Waals surface area (Å²) in [5.74, 6) is 0.987. The van der Waals surface area contributed by atoms with E-state index in [2.05, 4.69) is 6.07 Å². The van der Waals surface area contributed by atoms with Crippen LogP contribution in [0.15, 0.2) is 24.3 Å². The number of hydrogen-bond acceptors (Lipinski definition) is 6. The van der Waals surface area contributed by atoms with Gasteiger partial charge in [0, 0.05) is 23.7 Å². The fourth-order valence-electron chi connectivity index (χ4n) is 6.45. The molecule has 4 fully saturated rings. The van der Waals surface area contributed by atoms with Crippen molar-refractivity contribution in [1.82, 2.24) is 4.90 Å². The number of amides is 1. The highest BCUT2D eigenvalue weighted by atomic mass is 16.6. The van der Waals surface area contributed by atoms with Crippen LogP contribution in [0.3, 0.4) is 0 Å². The van der Waals surface area contributed by atoms with Crippen molar-refractivity contribution in [2.45, 2.75) is 56.9 Å². The number of carbonyl (C=O) groups excluding carboxylic acids is 2. The van der Waals surface area contributed by atoms with Crippen LogP contribution in [0.4, 0.5) is 5.69 Å². The van der Waals surface area contributed by atoms with Crippen LogP contribution in [0.25, 0.3) is 0 Å². The van der Waals surface area contributed by atoms with Crippen LogP contribution in [-0.4, -0.2) is 40.4 Å². The number of nitro benzene ring substituents is 1. The molecule has 4 aliphatic rings. The average Bonchev–Trinajstić information content (AvgIpc) is 2.71. The van der Waals surface area contributed by atoms with Gasteiger partial charge in [-0.2, -0.15) is 5.26 Å². The minimum Gasteiger partial charge on any atom is -0.455 e. The molecule has 8 heteroatoms. The van der Waals surface area contributed by atoms with Gasteiger partial charge in [-0.05, 0) is 56.3 Å². The third-order valence-corrected chi connectivity index (χ3v) is 7.21. The Kier molecular flexibility index (Phi) is 5.94. The predicted molar refractivity (Wildman–Crippen MR) is 111 cm³/mol. The van der Waals surface area contributed by atoms with Crippen molar-refractivity contribution >= 4 is 17.6 Å². The number of ether oxygens (including phenoxy) is 1. The molecule has 0 saturated heterocycles. The smallest absolute Gasteiger partial charge is 0.311 e. The van der Waals surface area contributed by atoms with Crippen molar-refractivity contribution in [3.63, 3.8) is 0 Å². The summed E-state index contributed by atoms with van der Waals surface area (Å²) in [6.07, 6.45) is 6.62. The first-order chi connectivity index (χ1) is 14.9. The highest BCUT2D eigenvalue weighted by molar-refractivity contribution is 5.82. The molecular formula is C23H27N3O5. The van der Waals surface area contributed by atoms with Crippen LogP contribution in [0.5, 0.6) is 0 Å². The second kappa shape index (κ2) is 8.66. The maximum Gasteiger partial charge on any atom is 0.311 e. The summed E-state index contributed by atoms with van der Waals surface area (Å²) in [7, 11) is 0. The Morgan fingerprint density at radius 1 is 1.16 bits per heavy atom. The summed E-state index contributed by atoms with van der Waals surface area (Å²) in [6.45, 7) is -0.0458. The minimum atomic E-state index is -0.673. The zero-order valence-electron chi connectivity index (χ0n) is 17.5. The Hall–Kier alpha value is -2.95. The van der Waals surface area contributed by atoms with E-state index in [1.165, 1.54) is 37.5 Å². The zero-order valence-corrected chi connectivity index (χ0v) is 17.5. The van der Waals surface area contributed by atoms with Gasteiger partial charge < -0.3 is 9.64 Å². The largest absolute Gasteiger partial charge is 0.455 e. The van der Waals surface area contributed by atoms with Crippen LogP contribution in [0.2, 0.25) is 0 Å². The van der Waals surface area contributed by atoms with Gasteiger partial charge in [0.05, 0.1) is 23.8 Å². The Labute approximate surface area is 181 Å². The summed E-state index contributed by atoms with van der Waals surface area (Å²) >= 11 is 0. The van der Waals surface area contributed by atoms with Gasteiger partial charge in [-0.1, -0.05) is 18.2 Å². The van der Waals surface area contributed by atoms with Crippen LogP contribution in [-0.2, 0) is 20.7 Å². The lowest BCUT2D eigenvalue weighted by molar-refractivity contribution is -0.385. The van der Waals surface area contributed by atoms with Crippen LogP contribution in [0.1, 0.15) is 50.5 Å². The number of esters is 1. The molecule has 31 heavy (non-hydrogen) atoms. The van der Waals surface area contributed by atoms with Crippen LogP contribution < -0.4 is 0 Å². The number of nitriles is 1. The molecule has 1 aromatic rings. The second-order valence-corrected chi connectivity index (χ2v) is 9.32. The molecule has 1 aromatic carbocycles. The maximum absolute atomic E-state index is 13.1. The van der Waals surface area contributed by atoms with E-state index in [0.29, 0.717) is 24.3 Å². The molecule has 0 aromatic heterocycles. The summed E-state index contributed by atoms with van der Waals surface area (Å²) in [4.78, 5) is 37.8. The Morgan fingerprint density at radius 3 is 2.35 bits per heavy atom. The van der Waals surface area contributed by atoms with Gasteiger partial charge in [0.25, 0.3) is 11.6 Å². The Balaban J connectivity index is 1.41. The minimum absolute atomic E-state index is 0.144. The first-order valence-corrected chi connectivity index (χ1v) is 11.0. The Morgan fingerprint density at radius 2 is 1.77 bits per heavy atom. The third-order valence-electron chi connectivity index (χ3n) is 7.21. The van der Waals surface area contributed by atoms with Gasteiger partial charge in [0.2, 0.25) is 0 Å². The third kappa shape index (κ3) is 4.41. The molecule has 4 saturated carbocycles. The lowest BCUT2D eigenvalue weighted by atomic mass is 9.52. The van der Waals surface area contributed by atoms with Crippen molar-refractivity contribution in [3.05, 3.63) is 39.9 Å². The van der Waals surface area contributed by atoms with E-state index in [0.717, 1.165) is 19.3 Å². The number of para-hydroxylation sites is 1. The van der Waals surface area contributed by atoms with E-state index in [-0.39, 0.29) is 35.5 Å². The van der Waals surface area contributed by atoms with E-state index in [1.54, 1.807) is 6.07 Å². The predicted octanol–water partition coefficient (Wildman–Crippen LogP) is 3.39. The fourth-order valence-corrected chi connectivity index (χ4v) is 6.45. The van der Waals surface area contributed by atoms with Crippen LogP contribution in [0, 0.1) is 39.2 Å². The lowest BCUT2D eigenvalue weighted by Crippen LogP contribution is -2.62. The van der Waals surface area contributed by atoms with E-state index in [1.807, 2.05) is 4.90 Å². The van der Waals surface area contributed by atoms with Crippen molar-refractivity contribution in [2.75, 3.05) is 13.2 Å². The quantitative estimate of drug-likeness (QED) is 0.358. The molecular weight excluding hydrogens is 398 g/mol. The molecule has 0 N–H and O–H groups in total. The standard InChI is InChI=1S/C23H27N3O5/c24-6-3-7-25(23-12-16-8-17(13-23)10-18(9-16)14-23)21(27)15-31-22(28)11-19-4-1-2-5-20(19)26(29)30/h1-2,4-5,16-18H,3,7-15H2. The number of nitrogens with zero attached hydrogens (tertiary/aromatic N) is 3. The van der Waals surface area contributed by atoms with E-state index in [4.69, 9.17) is 10.00 Å². The van der Waals surface area contributed by atoms with Gasteiger partial charge in [-0.3, -0.25) is 19.7 Å². The lowest BCUT2D eigenvalue weighted by Gasteiger charge is -2.60. The van der Waals surface area contributed by atoms with Gasteiger partial charge in [-0.15, -0.1) is 0 Å². The average molecular weight is 425 g/mol. The maximum atomic E-state index is 13.1. The van der Waals surface area contributed by atoms with Crippen molar-refractivity contribution in [1.29, 1.82) is 5.26 Å². The van der Waals surface area contributed by atoms with Gasteiger partial charge in [-0.25, -0.2) is 0 Å². The molecule has 0 spiro atoms. The summed E-state index contributed by atoms with van der Waals surface area (Å²) in [5, 5.41) is 20.2. The SMILES string of the molecule is N#CCCN(C(=O)COC(=O)Cc1ccccc1[N+](=O)[O-])C12CC3CC(CC(C3)C1)C2. The number of nitro groups is 1. The molecule has 0 heterocycles. The van der Waals surface area contributed by atoms with Crippen LogP contribution >= 0.6 is 0 Å². The number of benzene rings is 1.